The van der Waals surface area contributed by atoms with Gasteiger partial charge < -0.3 is 0 Å². The van der Waals surface area contributed by atoms with Crippen molar-refractivity contribution >= 4 is 11.4 Å². The van der Waals surface area contributed by atoms with Crippen LogP contribution in [-0.2, 0) is 0 Å². The van der Waals surface area contributed by atoms with E-state index in [0.717, 1.165) is 36.8 Å². The summed E-state index contributed by atoms with van der Waals surface area (Å²) in [5, 5.41) is 0. The summed E-state index contributed by atoms with van der Waals surface area (Å²) < 4.78 is 0. The number of allylic oxidation sites excluding steroid dienone is 4. The zero-order valence-electron chi connectivity index (χ0n) is 17.1. The number of unbranched alkanes of at least 4 members (excludes halogenated alkanes) is 6. The van der Waals surface area contributed by atoms with Crippen LogP contribution in [0, 0.1) is 0 Å². The van der Waals surface area contributed by atoms with Gasteiger partial charge in [-0.1, -0.05) is 89.6 Å². The van der Waals surface area contributed by atoms with E-state index in [1.807, 2.05) is 12.1 Å². The molecule has 0 amide bonds. The summed E-state index contributed by atoms with van der Waals surface area (Å²) in [5.41, 5.74) is 5.90. The van der Waals surface area contributed by atoms with E-state index in [0.29, 0.717) is 0 Å². The van der Waals surface area contributed by atoms with Crippen LogP contribution in [0.25, 0.3) is 5.57 Å². The van der Waals surface area contributed by atoms with Gasteiger partial charge in [0.15, 0.2) is 5.78 Å². The molecule has 0 fully saturated rings. The second-order valence-corrected chi connectivity index (χ2v) is 7.51. The monoisotopic (exact) mass is 352 g/mol. The van der Waals surface area contributed by atoms with Gasteiger partial charge in [-0.3, -0.25) is 4.79 Å². The number of hydrogen-bond acceptors (Lipinski definition) is 1. The molecule has 0 spiro atoms. The highest BCUT2D eigenvalue weighted by atomic mass is 16.1. The standard InChI is InChI=1S/C25H36O/c1-4-7-10-15-20-21(16-11-8-5-2)23(18-12-9-6-3)25(26)24-19-14-13-17-22(20)24/h13-15,17,19H,4-12,16,18H2,1-3H3/b20-15+. The van der Waals surface area contributed by atoms with Crippen molar-refractivity contribution < 1.29 is 4.79 Å². The first-order valence-electron chi connectivity index (χ1n) is 10.8. The average Bonchev–Trinajstić information content (AvgIpc) is 2.66. The molecule has 1 aliphatic rings. The molecule has 0 N–H and O–H groups in total. The highest BCUT2D eigenvalue weighted by Crippen LogP contribution is 2.40. The van der Waals surface area contributed by atoms with Gasteiger partial charge in [-0.05, 0) is 48.8 Å². The summed E-state index contributed by atoms with van der Waals surface area (Å²) in [5.74, 6) is 0.288. The molecule has 1 aromatic carbocycles. The fourth-order valence-electron chi connectivity index (χ4n) is 3.88. The van der Waals surface area contributed by atoms with Crippen molar-refractivity contribution in [3.05, 3.63) is 52.6 Å². The van der Waals surface area contributed by atoms with Crippen LogP contribution >= 0.6 is 0 Å². The molecule has 142 valence electrons. The maximum atomic E-state index is 13.2. The van der Waals surface area contributed by atoms with Gasteiger partial charge in [0.2, 0.25) is 0 Å². The Kier molecular flexibility index (Phi) is 8.88. The van der Waals surface area contributed by atoms with Gasteiger partial charge in [0.25, 0.3) is 0 Å². The predicted molar refractivity (Wildman–Crippen MR) is 114 cm³/mol. The lowest BCUT2D eigenvalue weighted by atomic mass is 9.77. The molecule has 1 heteroatoms. The third-order valence-corrected chi connectivity index (χ3v) is 5.39. The molecule has 1 aromatic rings. The Morgan fingerprint density at radius 1 is 0.731 bits per heavy atom. The summed E-state index contributed by atoms with van der Waals surface area (Å²) >= 11 is 0. The molecular weight excluding hydrogens is 316 g/mol. The Morgan fingerprint density at radius 2 is 1.31 bits per heavy atom. The Balaban J connectivity index is 2.44. The molecule has 0 atom stereocenters. The van der Waals surface area contributed by atoms with E-state index in [-0.39, 0.29) is 5.78 Å². The Labute approximate surface area is 160 Å². The van der Waals surface area contributed by atoms with Crippen LogP contribution in [0.15, 0.2) is 41.5 Å². The number of carbonyl (C=O) groups is 1. The number of Topliss-reactive ketones (excluding diaryl/α,β-unsaturated/α-hetero) is 1. The zero-order chi connectivity index (χ0) is 18.8. The van der Waals surface area contributed by atoms with E-state index in [2.05, 4.69) is 39.0 Å². The van der Waals surface area contributed by atoms with Crippen molar-refractivity contribution in [3.8, 4) is 0 Å². The van der Waals surface area contributed by atoms with Crippen LogP contribution in [-0.4, -0.2) is 5.78 Å². The van der Waals surface area contributed by atoms with Crippen molar-refractivity contribution in [1.82, 2.24) is 0 Å². The molecule has 0 saturated carbocycles. The molecular formula is C25H36O. The fraction of sp³-hybridized carbons (Fsp3) is 0.560. The first-order chi connectivity index (χ1) is 12.7. The largest absolute Gasteiger partial charge is 0.289 e. The number of benzene rings is 1. The van der Waals surface area contributed by atoms with Crippen LogP contribution in [0.5, 0.6) is 0 Å². The molecule has 0 radical (unpaired) electrons. The number of fused-ring (bicyclic) bond motifs is 1. The summed E-state index contributed by atoms with van der Waals surface area (Å²) in [6.07, 6.45) is 15.1. The van der Waals surface area contributed by atoms with E-state index in [4.69, 9.17) is 0 Å². The molecule has 0 unspecified atom stereocenters. The minimum absolute atomic E-state index is 0.288. The van der Waals surface area contributed by atoms with Crippen molar-refractivity contribution in [3.63, 3.8) is 0 Å². The lowest BCUT2D eigenvalue weighted by molar-refractivity contribution is 0.102. The lowest BCUT2D eigenvalue weighted by Gasteiger charge is -2.26. The van der Waals surface area contributed by atoms with E-state index >= 15 is 0 Å². The van der Waals surface area contributed by atoms with E-state index in [1.165, 1.54) is 61.7 Å². The van der Waals surface area contributed by atoms with Crippen molar-refractivity contribution in [2.45, 2.75) is 91.4 Å². The van der Waals surface area contributed by atoms with Gasteiger partial charge in [-0.25, -0.2) is 0 Å². The number of rotatable bonds is 11. The third kappa shape index (κ3) is 5.19. The zero-order valence-corrected chi connectivity index (χ0v) is 17.1. The van der Waals surface area contributed by atoms with Gasteiger partial charge >= 0.3 is 0 Å². The minimum atomic E-state index is 0.288. The van der Waals surface area contributed by atoms with Gasteiger partial charge in [0.05, 0.1) is 0 Å². The van der Waals surface area contributed by atoms with Gasteiger partial charge in [0, 0.05) is 11.1 Å². The SMILES string of the molecule is CCCC/C=C1\C(CCCCC)=C(CCCCC)C(=O)c2ccccc21. The van der Waals surface area contributed by atoms with Crippen molar-refractivity contribution in [2.75, 3.05) is 0 Å². The highest BCUT2D eigenvalue weighted by Gasteiger charge is 2.28. The van der Waals surface area contributed by atoms with E-state index in [9.17, 15) is 4.79 Å². The topological polar surface area (TPSA) is 17.1 Å². The highest BCUT2D eigenvalue weighted by molar-refractivity contribution is 6.17. The summed E-state index contributed by atoms with van der Waals surface area (Å²) in [6.45, 7) is 6.71. The van der Waals surface area contributed by atoms with Gasteiger partial charge in [-0.2, -0.15) is 0 Å². The number of ketones is 1. The van der Waals surface area contributed by atoms with Crippen LogP contribution in [0.1, 0.15) is 107 Å². The predicted octanol–water partition coefficient (Wildman–Crippen LogP) is 7.91. The molecule has 1 nitrogen and oxygen atoms in total. The summed E-state index contributed by atoms with van der Waals surface area (Å²) in [7, 11) is 0. The maximum absolute atomic E-state index is 13.2. The normalized spacial score (nSPS) is 15.7. The van der Waals surface area contributed by atoms with E-state index < -0.39 is 0 Å². The molecule has 0 heterocycles. The van der Waals surface area contributed by atoms with Crippen LogP contribution in [0.3, 0.4) is 0 Å². The Hall–Kier alpha value is -1.63. The van der Waals surface area contributed by atoms with Crippen LogP contribution in [0.4, 0.5) is 0 Å². The molecule has 2 rings (SSSR count). The van der Waals surface area contributed by atoms with Crippen molar-refractivity contribution in [2.24, 2.45) is 0 Å². The lowest BCUT2D eigenvalue weighted by Crippen LogP contribution is -2.16. The third-order valence-electron chi connectivity index (χ3n) is 5.39. The molecule has 0 saturated heterocycles. The number of hydrogen-bond donors (Lipinski definition) is 0. The Bertz CT molecular complexity index is 648. The molecule has 0 bridgehead atoms. The average molecular weight is 353 g/mol. The minimum Gasteiger partial charge on any atom is -0.289 e. The first-order valence-corrected chi connectivity index (χ1v) is 10.8. The fourth-order valence-corrected chi connectivity index (χ4v) is 3.88. The van der Waals surface area contributed by atoms with Crippen LogP contribution in [0.2, 0.25) is 0 Å². The second kappa shape index (κ2) is 11.2. The molecule has 26 heavy (non-hydrogen) atoms. The van der Waals surface area contributed by atoms with Crippen LogP contribution < -0.4 is 0 Å². The van der Waals surface area contributed by atoms with Crippen molar-refractivity contribution in [1.29, 1.82) is 0 Å². The summed E-state index contributed by atoms with van der Waals surface area (Å²) in [4.78, 5) is 13.2. The quantitative estimate of drug-likeness (QED) is 0.370. The van der Waals surface area contributed by atoms with E-state index in [1.54, 1.807) is 0 Å². The smallest absolute Gasteiger partial charge is 0.189 e. The molecule has 0 aromatic heterocycles. The first kappa shape index (κ1) is 20.7. The molecule has 1 aliphatic carbocycles. The summed E-state index contributed by atoms with van der Waals surface area (Å²) in [6, 6.07) is 8.25. The second-order valence-electron chi connectivity index (χ2n) is 7.51. The maximum Gasteiger partial charge on any atom is 0.189 e. The molecule has 0 aliphatic heterocycles. The number of carbonyl (C=O) groups excluding carboxylic acids is 1. The van der Waals surface area contributed by atoms with Gasteiger partial charge in [-0.15, -0.1) is 0 Å². The van der Waals surface area contributed by atoms with Gasteiger partial charge in [0.1, 0.15) is 0 Å². The Morgan fingerprint density at radius 3 is 1.92 bits per heavy atom.